The van der Waals surface area contributed by atoms with Crippen molar-refractivity contribution in [1.82, 2.24) is 10.7 Å². The molecule has 0 aromatic heterocycles. The van der Waals surface area contributed by atoms with E-state index in [9.17, 15) is 0 Å². The van der Waals surface area contributed by atoms with E-state index in [2.05, 4.69) is 22.7 Å². The van der Waals surface area contributed by atoms with Gasteiger partial charge in [-0.15, -0.1) is 0 Å². The molecule has 0 aliphatic heterocycles. The predicted octanol–water partition coefficient (Wildman–Crippen LogP) is -0.0173. The Kier molecular flexibility index (Phi) is 4.69. The number of nitrogens with one attached hydrogen (secondary N) is 2. The minimum atomic E-state index is 0.272. The van der Waals surface area contributed by atoms with E-state index in [0.29, 0.717) is 18.6 Å². The summed E-state index contributed by atoms with van der Waals surface area (Å²) in [6, 6.07) is 0.738. The zero-order valence-corrected chi connectivity index (χ0v) is 8.92. The van der Waals surface area contributed by atoms with Gasteiger partial charge in [0.15, 0.2) is 0 Å². The average Bonchev–Trinajstić information content (AvgIpc) is 2.99. The molecule has 1 fully saturated rings. The Morgan fingerprint density at radius 3 is 2.79 bits per heavy atom. The molecule has 5 heteroatoms. The summed E-state index contributed by atoms with van der Waals surface area (Å²) in [5.74, 6) is 6.04. The Bertz CT molecular complexity index is 191. The number of rotatable bonds is 5. The molecule has 1 aliphatic carbocycles. The van der Waals surface area contributed by atoms with Crippen molar-refractivity contribution in [3.63, 3.8) is 0 Å². The van der Waals surface area contributed by atoms with Gasteiger partial charge in [0.2, 0.25) is 5.96 Å². The molecule has 0 saturated heterocycles. The van der Waals surface area contributed by atoms with E-state index in [1.807, 2.05) is 0 Å². The third kappa shape index (κ3) is 3.93. The van der Waals surface area contributed by atoms with Gasteiger partial charge in [0.25, 0.3) is 0 Å². The fourth-order valence-electron chi connectivity index (χ4n) is 1.16. The van der Waals surface area contributed by atoms with E-state index in [1.165, 1.54) is 12.8 Å². The second-order valence-corrected chi connectivity index (χ2v) is 3.56. The lowest BCUT2D eigenvalue weighted by Crippen LogP contribution is -2.47. The lowest BCUT2D eigenvalue weighted by molar-refractivity contribution is 0.171. The summed E-state index contributed by atoms with van der Waals surface area (Å²) >= 11 is 0. The quantitative estimate of drug-likeness (QED) is 0.252. The van der Waals surface area contributed by atoms with E-state index in [4.69, 9.17) is 10.6 Å². The molecule has 0 aromatic rings. The highest BCUT2D eigenvalue weighted by Gasteiger charge is 2.21. The molecular weight excluding hydrogens is 180 g/mol. The molecule has 0 amide bonds. The molecule has 4 N–H and O–H groups in total. The highest BCUT2D eigenvalue weighted by Crippen LogP contribution is 2.23. The van der Waals surface area contributed by atoms with Crippen LogP contribution >= 0.6 is 0 Å². The third-order valence-electron chi connectivity index (χ3n) is 2.20. The molecule has 0 heterocycles. The highest BCUT2D eigenvalue weighted by molar-refractivity contribution is 5.79. The lowest BCUT2D eigenvalue weighted by Gasteiger charge is -2.18. The molecule has 0 aromatic carbocycles. The molecule has 0 spiro atoms. The van der Waals surface area contributed by atoms with Crippen LogP contribution in [0.15, 0.2) is 4.99 Å². The number of aliphatic imine (C=N–C) groups is 1. The summed E-state index contributed by atoms with van der Waals surface area (Å²) in [6.07, 6.45) is 3.33. The number of nitrogens with zero attached hydrogens (tertiary/aromatic N) is 1. The van der Waals surface area contributed by atoms with Gasteiger partial charge in [0, 0.05) is 7.11 Å². The predicted molar refractivity (Wildman–Crippen MR) is 56.9 cm³/mol. The zero-order valence-electron chi connectivity index (χ0n) is 8.92. The average molecular weight is 200 g/mol. The maximum absolute atomic E-state index is 5.36. The van der Waals surface area contributed by atoms with E-state index >= 15 is 0 Å². The highest BCUT2D eigenvalue weighted by atomic mass is 16.5. The van der Waals surface area contributed by atoms with Gasteiger partial charge in [-0.2, -0.15) is 0 Å². The van der Waals surface area contributed by atoms with Crippen molar-refractivity contribution in [2.24, 2.45) is 10.8 Å². The molecule has 1 saturated carbocycles. The fourth-order valence-corrected chi connectivity index (χ4v) is 1.16. The zero-order chi connectivity index (χ0) is 10.4. The Balaban J connectivity index is 2.36. The number of nitrogens with two attached hydrogens (primary N) is 1. The third-order valence-corrected chi connectivity index (χ3v) is 2.20. The Morgan fingerprint density at radius 2 is 2.36 bits per heavy atom. The first-order chi connectivity index (χ1) is 6.80. The van der Waals surface area contributed by atoms with Crippen LogP contribution in [-0.4, -0.2) is 31.8 Å². The molecule has 14 heavy (non-hydrogen) atoms. The van der Waals surface area contributed by atoms with Gasteiger partial charge < -0.3 is 10.1 Å². The van der Waals surface area contributed by atoms with E-state index < -0.39 is 0 Å². The molecule has 82 valence electrons. The van der Waals surface area contributed by atoms with Gasteiger partial charge in [0.05, 0.1) is 18.7 Å². The number of guanidine groups is 1. The van der Waals surface area contributed by atoms with Crippen molar-refractivity contribution in [3.8, 4) is 0 Å². The minimum Gasteiger partial charge on any atom is -0.383 e. The van der Waals surface area contributed by atoms with Crippen LogP contribution in [0.4, 0.5) is 0 Å². The van der Waals surface area contributed by atoms with Gasteiger partial charge in [-0.3, -0.25) is 5.43 Å². The molecule has 1 atom stereocenters. The topological polar surface area (TPSA) is 71.7 Å². The van der Waals surface area contributed by atoms with E-state index in [-0.39, 0.29) is 6.04 Å². The summed E-state index contributed by atoms with van der Waals surface area (Å²) in [4.78, 5) is 4.39. The van der Waals surface area contributed by atoms with Crippen molar-refractivity contribution >= 4 is 5.96 Å². The smallest absolute Gasteiger partial charge is 0.206 e. The molecular formula is C9H20N4O. The van der Waals surface area contributed by atoms with Crippen molar-refractivity contribution < 1.29 is 4.74 Å². The maximum Gasteiger partial charge on any atom is 0.206 e. The van der Waals surface area contributed by atoms with Gasteiger partial charge in [-0.05, 0) is 19.3 Å². The van der Waals surface area contributed by atoms with Crippen molar-refractivity contribution in [1.29, 1.82) is 0 Å². The Hall–Kier alpha value is -0.810. The molecule has 1 unspecified atom stereocenters. The molecule has 1 aliphatic rings. The molecule has 1 rings (SSSR count). The normalized spacial score (nSPS) is 19.2. The molecule has 0 radical (unpaired) electrons. The Labute approximate surface area is 85.1 Å². The fraction of sp³-hybridized carbons (Fsp3) is 0.889. The van der Waals surface area contributed by atoms with Crippen LogP contribution in [0.1, 0.15) is 26.2 Å². The summed E-state index contributed by atoms with van der Waals surface area (Å²) in [6.45, 7) is 2.77. The lowest BCUT2D eigenvalue weighted by atomic mass is 10.2. The van der Waals surface area contributed by atoms with Crippen LogP contribution in [-0.2, 0) is 4.74 Å². The number of hydrogen-bond acceptors (Lipinski definition) is 3. The van der Waals surface area contributed by atoms with Crippen LogP contribution < -0.4 is 16.6 Å². The first-order valence-electron chi connectivity index (χ1n) is 5.10. The first kappa shape index (κ1) is 11.3. The van der Waals surface area contributed by atoms with Crippen LogP contribution in [0.2, 0.25) is 0 Å². The summed E-state index contributed by atoms with van der Waals surface area (Å²) in [5, 5.41) is 3.21. The van der Waals surface area contributed by atoms with Gasteiger partial charge in [0.1, 0.15) is 0 Å². The summed E-state index contributed by atoms with van der Waals surface area (Å²) < 4.78 is 5.07. The number of ether oxygens (including phenoxy) is 1. The van der Waals surface area contributed by atoms with E-state index in [0.717, 1.165) is 6.42 Å². The monoisotopic (exact) mass is 200 g/mol. The summed E-state index contributed by atoms with van der Waals surface area (Å²) in [7, 11) is 1.69. The van der Waals surface area contributed by atoms with Crippen LogP contribution in [0.3, 0.4) is 0 Å². The van der Waals surface area contributed by atoms with Gasteiger partial charge in [-0.1, -0.05) is 6.92 Å². The second kappa shape index (κ2) is 5.82. The van der Waals surface area contributed by atoms with Crippen LogP contribution in [0.25, 0.3) is 0 Å². The molecule has 5 nitrogen and oxygen atoms in total. The van der Waals surface area contributed by atoms with Crippen molar-refractivity contribution in [2.45, 2.75) is 38.3 Å². The maximum atomic E-state index is 5.36. The van der Waals surface area contributed by atoms with E-state index in [1.54, 1.807) is 7.11 Å². The van der Waals surface area contributed by atoms with Crippen molar-refractivity contribution in [3.05, 3.63) is 0 Å². The number of methoxy groups -OCH3 is 1. The molecule has 0 bridgehead atoms. The summed E-state index contributed by atoms with van der Waals surface area (Å²) in [5.41, 5.74) is 2.58. The SMILES string of the molecule is CCC(COC)NC(=NC1CC1)NN. The minimum absolute atomic E-state index is 0.272. The van der Waals surface area contributed by atoms with Crippen molar-refractivity contribution in [2.75, 3.05) is 13.7 Å². The standard InChI is InChI=1S/C9H20N4O/c1-3-7(6-14-2)11-9(13-10)12-8-4-5-8/h7-8H,3-6,10H2,1-2H3,(H2,11,12,13). The van der Waals surface area contributed by atoms with Gasteiger partial charge >= 0.3 is 0 Å². The second-order valence-electron chi connectivity index (χ2n) is 3.56. The van der Waals surface area contributed by atoms with Crippen LogP contribution in [0, 0.1) is 0 Å². The van der Waals surface area contributed by atoms with Gasteiger partial charge in [-0.25, -0.2) is 10.8 Å². The van der Waals surface area contributed by atoms with Crippen LogP contribution in [0.5, 0.6) is 0 Å². The largest absolute Gasteiger partial charge is 0.383 e. The number of hydrazine groups is 1. The first-order valence-corrected chi connectivity index (χ1v) is 5.10. The Morgan fingerprint density at radius 1 is 1.64 bits per heavy atom. The number of hydrogen-bond donors (Lipinski definition) is 3.